The highest BCUT2D eigenvalue weighted by Crippen LogP contribution is 2.29. The zero-order valence-corrected chi connectivity index (χ0v) is 13.0. The zero-order chi connectivity index (χ0) is 15.6. The van der Waals surface area contributed by atoms with Crippen molar-refractivity contribution in [3.05, 3.63) is 57.6 Å². The highest BCUT2D eigenvalue weighted by atomic mass is 35.5. The predicted octanol–water partition coefficient (Wildman–Crippen LogP) is 3.74. The Hall–Kier alpha value is -1.65. The van der Waals surface area contributed by atoms with Crippen molar-refractivity contribution in [2.45, 2.75) is 26.3 Å². The molecular weight excluding hydrogens is 291 g/mol. The fourth-order valence-corrected chi connectivity index (χ4v) is 2.67. The summed E-state index contributed by atoms with van der Waals surface area (Å²) in [5, 5.41) is 0.0710. The van der Waals surface area contributed by atoms with Crippen molar-refractivity contribution in [1.82, 2.24) is 4.98 Å². The first-order chi connectivity index (χ1) is 9.95. The first kappa shape index (κ1) is 15.7. The van der Waals surface area contributed by atoms with Crippen LogP contribution in [0.3, 0.4) is 0 Å². The molecule has 0 aliphatic rings. The second-order valence-electron chi connectivity index (χ2n) is 5.00. The van der Waals surface area contributed by atoms with E-state index in [1.165, 1.54) is 6.07 Å². The van der Waals surface area contributed by atoms with Crippen LogP contribution in [0.4, 0.5) is 4.39 Å². The van der Waals surface area contributed by atoms with E-state index in [-0.39, 0.29) is 5.02 Å². The van der Waals surface area contributed by atoms with E-state index in [0.717, 1.165) is 22.6 Å². The van der Waals surface area contributed by atoms with Crippen molar-refractivity contribution in [3.63, 3.8) is 0 Å². The van der Waals surface area contributed by atoms with Gasteiger partial charge in [-0.15, -0.1) is 0 Å². The number of ether oxygens (including phenoxy) is 1. The number of nitrogens with two attached hydrogens (primary N) is 1. The number of rotatable bonds is 4. The van der Waals surface area contributed by atoms with E-state index in [4.69, 9.17) is 22.1 Å². The Bertz CT molecular complexity index is 661. The van der Waals surface area contributed by atoms with E-state index in [1.807, 2.05) is 13.8 Å². The molecule has 5 heteroatoms. The normalized spacial score (nSPS) is 12.3. The van der Waals surface area contributed by atoms with E-state index in [1.54, 1.807) is 25.4 Å². The Balaban J connectivity index is 2.32. The number of aromatic nitrogens is 1. The fourth-order valence-electron chi connectivity index (χ4n) is 2.40. The minimum Gasteiger partial charge on any atom is -0.496 e. The van der Waals surface area contributed by atoms with E-state index < -0.39 is 11.9 Å². The summed E-state index contributed by atoms with van der Waals surface area (Å²) in [6, 6.07) is 4.23. The van der Waals surface area contributed by atoms with E-state index in [9.17, 15) is 4.39 Å². The van der Waals surface area contributed by atoms with Crippen molar-refractivity contribution in [2.24, 2.45) is 5.73 Å². The Labute approximate surface area is 128 Å². The highest BCUT2D eigenvalue weighted by Gasteiger charge is 2.17. The van der Waals surface area contributed by atoms with E-state index in [0.29, 0.717) is 12.0 Å². The number of nitrogens with zero attached hydrogens (tertiary/aromatic N) is 1. The Morgan fingerprint density at radius 2 is 2.10 bits per heavy atom. The molecular formula is C16H18ClFN2O. The van der Waals surface area contributed by atoms with Crippen LogP contribution in [0.1, 0.15) is 28.4 Å². The lowest BCUT2D eigenvalue weighted by atomic mass is 9.99. The van der Waals surface area contributed by atoms with Crippen molar-refractivity contribution >= 4 is 11.6 Å². The number of hydrogen-bond acceptors (Lipinski definition) is 3. The van der Waals surface area contributed by atoms with Crippen LogP contribution >= 0.6 is 11.6 Å². The Morgan fingerprint density at radius 3 is 2.76 bits per heavy atom. The third kappa shape index (κ3) is 3.17. The largest absolute Gasteiger partial charge is 0.496 e. The number of pyridine rings is 1. The van der Waals surface area contributed by atoms with E-state index in [2.05, 4.69) is 4.98 Å². The molecule has 0 amide bonds. The first-order valence-corrected chi connectivity index (χ1v) is 7.02. The Morgan fingerprint density at radius 1 is 1.38 bits per heavy atom. The molecule has 1 atom stereocenters. The smallest absolute Gasteiger partial charge is 0.142 e. The molecule has 1 aromatic carbocycles. The lowest BCUT2D eigenvalue weighted by Crippen LogP contribution is -2.16. The monoisotopic (exact) mass is 308 g/mol. The first-order valence-electron chi connectivity index (χ1n) is 6.64. The molecule has 2 N–H and O–H groups in total. The van der Waals surface area contributed by atoms with Gasteiger partial charge in [-0.1, -0.05) is 23.7 Å². The summed E-state index contributed by atoms with van der Waals surface area (Å²) in [6.07, 6.45) is 2.21. The number of hydrogen-bond donors (Lipinski definition) is 1. The molecule has 2 rings (SSSR count). The molecule has 3 nitrogen and oxygen atoms in total. The van der Waals surface area contributed by atoms with Gasteiger partial charge in [-0.25, -0.2) is 4.39 Å². The second kappa shape index (κ2) is 6.41. The SMILES string of the molecule is COc1c(C)cnc(CC(N)c2cccc(F)c2Cl)c1C. The molecule has 0 aliphatic carbocycles. The molecule has 0 radical (unpaired) electrons. The summed E-state index contributed by atoms with van der Waals surface area (Å²) >= 11 is 5.98. The maximum absolute atomic E-state index is 13.5. The number of aryl methyl sites for hydroxylation is 1. The maximum Gasteiger partial charge on any atom is 0.142 e. The average molecular weight is 309 g/mol. The minimum absolute atomic E-state index is 0.0710. The highest BCUT2D eigenvalue weighted by molar-refractivity contribution is 6.31. The molecule has 0 bridgehead atoms. The second-order valence-corrected chi connectivity index (χ2v) is 5.38. The third-order valence-corrected chi connectivity index (χ3v) is 3.94. The van der Waals surface area contributed by atoms with Crippen LogP contribution in [-0.2, 0) is 6.42 Å². The molecule has 2 aromatic rings. The van der Waals surface area contributed by atoms with Gasteiger partial charge >= 0.3 is 0 Å². The summed E-state index contributed by atoms with van der Waals surface area (Å²) in [4.78, 5) is 4.41. The van der Waals surface area contributed by atoms with Crippen molar-refractivity contribution in [1.29, 1.82) is 0 Å². The molecule has 0 saturated carbocycles. The summed E-state index contributed by atoms with van der Waals surface area (Å²) < 4.78 is 18.9. The molecule has 1 heterocycles. The van der Waals surface area contributed by atoms with Crippen LogP contribution in [0.15, 0.2) is 24.4 Å². The van der Waals surface area contributed by atoms with Crippen molar-refractivity contribution in [2.75, 3.05) is 7.11 Å². The van der Waals surface area contributed by atoms with E-state index >= 15 is 0 Å². The summed E-state index contributed by atoms with van der Waals surface area (Å²) in [7, 11) is 1.63. The molecule has 0 fully saturated rings. The van der Waals surface area contributed by atoms with Gasteiger partial charge in [0.25, 0.3) is 0 Å². The number of methoxy groups -OCH3 is 1. The van der Waals surface area contributed by atoms with Crippen LogP contribution in [-0.4, -0.2) is 12.1 Å². The predicted molar refractivity (Wildman–Crippen MR) is 82.3 cm³/mol. The van der Waals surface area contributed by atoms with Gasteiger partial charge in [-0.2, -0.15) is 0 Å². The molecule has 1 aromatic heterocycles. The molecule has 0 aliphatic heterocycles. The van der Waals surface area contributed by atoms with Gasteiger partial charge in [0, 0.05) is 35.5 Å². The number of benzene rings is 1. The summed E-state index contributed by atoms with van der Waals surface area (Å²) in [5.41, 5.74) is 9.48. The van der Waals surface area contributed by atoms with Crippen LogP contribution in [0.5, 0.6) is 5.75 Å². The summed E-state index contributed by atoms with van der Waals surface area (Å²) in [5.74, 6) is 0.341. The van der Waals surface area contributed by atoms with Crippen molar-refractivity contribution < 1.29 is 9.13 Å². The Kier molecular flexibility index (Phi) is 4.80. The van der Waals surface area contributed by atoms with Crippen LogP contribution in [0, 0.1) is 19.7 Å². The lowest BCUT2D eigenvalue weighted by Gasteiger charge is -2.17. The van der Waals surface area contributed by atoms with Gasteiger partial charge in [0.05, 0.1) is 12.1 Å². The lowest BCUT2D eigenvalue weighted by molar-refractivity contribution is 0.406. The molecule has 112 valence electrons. The van der Waals surface area contributed by atoms with Gasteiger partial charge < -0.3 is 10.5 Å². The fraction of sp³-hybridized carbons (Fsp3) is 0.312. The number of halogens is 2. The molecule has 21 heavy (non-hydrogen) atoms. The van der Waals surface area contributed by atoms with Crippen LogP contribution in [0.2, 0.25) is 5.02 Å². The van der Waals surface area contributed by atoms with Gasteiger partial charge in [0.2, 0.25) is 0 Å². The van der Waals surface area contributed by atoms with Crippen LogP contribution in [0.25, 0.3) is 0 Å². The molecule has 1 unspecified atom stereocenters. The topological polar surface area (TPSA) is 48.1 Å². The van der Waals surface area contributed by atoms with Gasteiger partial charge in [-0.05, 0) is 25.5 Å². The third-order valence-electron chi connectivity index (χ3n) is 3.54. The van der Waals surface area contributed by atoms with Crippen molar-refractivity contribution in [3.8, 4) is 5.75 Å². The summed E-state index contributed by atoms with van der Waals surface area (Å²) in [6.45, 7) is 3.88. The van der Waals surface area contributed by atoms with Gasteiger partial charge in [0.1, 0.15) is 11.6 Å². The van der Waals surface area contributed by atoms with Gasteiger partial charge in [0.15, 0.2) is 0 Å². The van der Waals surface area contributed by atoms with Gasteiger partial charge in [-0.3, -0.25) is 4.98 Å². The van der Waals surface area contributed by atoms with Crippen LogP contribution < -0.4 is 10.5 Å². The maximum atomic E-state index is 13.5. The molecule has 0 spiro atoms. The minimum atomic E-state index is -0.462. The standard InChI is InChI=1S/C16H18ClFN2O/c1-9-8-20-14(10(2)16(9)21-3)7-13(19)11-5-4-6-12(18)15(11)17/h4-6,8,13H,7,19H2,1-3H3. The zero-order valence-electron chi connectivity index (χ0n) is 12.3. The quantitative estimate of drug-likeness (QED) is 0.936. The average Bonchev–Trinajstić information content (AvgIpc) is 2.45. The molecule has 0 saturated heterocycles.